The van der Waals surface area contributed by atoms with E-state index in [1.807, 2.05) is 0 Å². The van der Waals surface area contributed by atoms with Crippen LogP contribution >= 0.6 is 0 Å². The zero-order chi connectivity index (χ0) is 20.6. The van der Waals surface area contributed by atoms with Gasteiger partial charge < -0.3 is 55.1 Å². The summed E-state index contributed by atoms with van der Waals surface area (Å²) in [6.07, 6.45) is -12.1. The Morgan fingerprint density at radius 1 is 0.926 bits per heavy atom. The van der Waals surface area contributed by atoms with Crippen LogP contribution in [0.25, 0.3) is 0 Å². The van der Waals surface area contributed by atoms with Gasteiger partial charge in [0.15, 0.2) is 0 Å². The van der Waals surface area contributed by atoms with Crippen LogP contribution in [-0.4, -0.2) is 115 Å². The fraction of sp³-hybridized carbons (Fsp3) is 0.933. The predicted octanol–water partition coefficient (Wildman–Crippen LogP) is -4.87. The van der Waals surface area contributed by atoms with Gasteiger partial charge in [-0.3, -0.25) is 0 Å². The Hall–Kier alpha value is -0.950. The highest BCUT2D eigenvalue weighted by Crippen LogP contribution is 2.44. The summed E-state index contributed by atoms with van der Waals surface area (Å²) in [6.45, 7) is -1.41. The van der Waals surface area contributed by atoms with E-state index in [2.05, 4.69) is 0 Å². The molecule has 27 heavy (non-hydrogen) atoms. The summed E-state index contributed by atoms with van der Waals surface area (Å²) in [4.78, 5) is 0. The fourth-order valence-electron chi connectivity index (χ4n) is 3.31. The van der Waals surface area contributed by atoms with Crippen LogP contribution in [0.2, 0.25) is 0 Å². The first-order valence-corrected chi connectivity index (χ1v) is 8.32. The van der Waals surface area contributed by atoms with Crippen molar-refractivity contribution in [1.82, 2.24) is 0 Å². The molecule has 2 heterocycles. The third-order valence-corrected chi connectivity index (χ3v) is 5.02. The zero-order valence-electron chi connectivity index (χ0n) is 14.5. The maximum absolute atomic E-state index is 10.5. The number of rotatable bonds is 6. The van der Waals surface area contributed by atoms with Crippen LogP contribution in [0.5, 0.6) is 0 Å². The third-order valence-electron chi connectivity index (χ3n) is 5.02. The van der Waals surface area contributed by atoms with E-state index in [0.717, 1.165) is 0 Å². The fourth-order valence-corrected chi connectivity index (χ4v) is 3.31. The van der Waals surface area contributed by atoms with Gasteiger partial charge in [-0.25, -0.2) is 0 Å². The molecule has 0 aromatic carbocycles. The number of nitriles is 1. The van der Waals surface area contributed by atoms with Gasteiger partial charge in [-0.05, 0) is 6.92 Å². The van der Waals surface area contributed by atoms with Crippen LogP contribution in [0, 0.1) is 17.2 Å². The Labute approximate surface area is 154 Å². The van der Waals surface area contributed by atoms with Gasteiger partial charge in [-0.1, -0.05) is 0 Å². The van der Waals surface area contributed by atoms with Crippen molar-refractivity contribution >= 4 is 0 Å². The highest BCUT2D eigenvalue weighted by molar-refractivity contribution is 5.07. The quantitative estimate of drug-likeness (QED) is 0.213. The highest BCUT2D eigenvalue weighted by atomic mass is 16.8. The maximum Gasteiger partial charge on any atom is 0.224 e. The van der Waals surface area contributed by atoms with Crippen molar-refractivity contribution in [3.63, 3.8) is 0 Å². The summed E-state index contributed by atoms with van der Waals surface area (Å²) in [5, 5.41) is 88.5. The van der Waals surface area contributed by atoms with Crippen molar-refractivity contribution in [2.45, 2.75) is 61.2 Å². The van der Waals surface area contributed by atoms with Crippen LogP contribution < -0.4 is 0 Å². The number of hydrogen-bond donors (Lipinski definition) is 8. The van der Waals surface area contributed by atoms with Gasteiger partial charge in [0.05, 0.1) is 19.3 Å². The van der Waals surface area contributed by atoms with Crippen LogP contribution in [0.1, 0.15) is 6.92 Å². The molecule has 0 spiro atoms. The van der Waals surface area contributed by atoms with E-state index in [-0.39, 0.29) is 0 Å². The average Bonchev–Trinajstić information content (AvgIpc) is 2.92. The molecule has 2 aliphatic heterocycles. The number of aliphatic hydroxyl groups is 8. The maximum atomic E-state index is 10.5. The Morgan fingerprint density at radius 3 is 1.93 bits per heavy atom. The summed E-state index contributed by atoms with van der Waals surface area (Å²) in [6, 6.07) is 1.74. The normalized spacial score (nSPS) is 49.0. The lowest BCUT2D eigenvalue weighted by atomic mass is 9.85. The molecule has 10 atom stereocenters. The predicted molar refractivity (Wildman–Crippen MR) is 82.4 cm³/mol. The second-order valence-corrected chi connectivity index (χ2v) is 6.68. The van der Waals surface area contributed by atoms with Crippen molar-refractivity contribution in [3.05, 3.63) is 0 Å². The molecule has 2 aliphatic rings. The zero-order valence-corrected chi connectivity index (χ0v) is 14.5. The molecule has 2 fully saturated rings. The van der Waals surface area contributed by atoms with Crippen molar-refractivity contribution < 1.29 is 55.1 Å². The summed E-state index contributed by atoms with van der Waals surface area (Å²) in [5.41, 5.74) is 0. The molecule has 12 nitrogen and oxygen atoms in total. The number of aliphatic hydroxyl groups excluding tert-OH is 8. The minimum absolute atomic E-state index is 0.742. The smallest absolute Gasteiger partial charge is 0.224 e. The molecule has 2 rings (SSSR count). The van der Waals surface area contributed by atoms with Gasteiger partial charge in [-0.2, -0.15) is 5.26 Å². The largest absolute Gasteiger partial charge is 0.394 e. The van der Waals surface area contributed by atoms with Crippen LogP contribution in [0.15, 0.2) is 0 Å². The molecule has 156 valence electrons. The minimum atomic E-state index is -2.46. The van der Waals surface area contributed by atoms with E-state index in [1.165, 1.54) is 6.92 Å². The van der Waals surface area contributed by atoms with E-state index >= 15 is 0 Å². The SMILES string of the molecule is CC(C#N)[C@@]1(OC2(CO)O[C@H](CO)[C@@H](O)[C@@H]2O)O[C@H](CO)[C@@H](O)[C@H](O)[C@H]1O. The Bertz CT molecular complexity index is 556. The molecule has 2 unspecified atom stereocenters. The van der Waals surface area contributed by atoms with E-state index < -0.39 is 80.0 Å². The van der Waals surface area contributed by atoms with E-state index in [1.54, 1.807) is 6.07 Å². The Kier molecular flexibility index (Phi) is 6.78. The Balaban J connectivity index is 2.49. The van der Waals surface area contributed by atoms with Gasteiger partial charge in [0.25, 0.3) is 0 Å². The summed E-state index contributed by atoms with van der Waals surface area (Å²) in [5.74, 6) is -6.26. The molecule has 0 aromatic heterocycles. The van der Waals surface area contributed by atoms with Crippen LogP contribution in [0.3, 0.4) is 0 Å². The molecule has 8 N–H and O–H groups in total. The lowest BCUT2D eigenvalue weighted by molar-refractivity contribution is -0.442. The average molecular weight is 395 g/mol. The van der Waals surface area contributed by atoms with Gasteiger partial charge in [0, 0.05) is 0 Å². The Morgan fingerprint density at radius 2 is 1.48 bits per heavy atom. The molecular formula is C15H25NO11. The van der Waals surface area contributed by atoms with Crippen LogP contribution in [0.4, 0.5) is 0 Å². The molecule has 0 amide bonds. The molecule has 0 radical (unpaired) electrons. The third kappa shape index (κ3) is 3.46. The first-order valence-electron chi connectivity index (χ1n) is 8.32. The van der Waals surface area contributed by atoms with Gasteiger partial charge >= 0.3 is 0 Å². The van der Waals surface area contributed by atoms with Gasteiger partial charge in [-0.15, -0.1) is 0 Å². The summed E-state index contributed by atoms with van der Waals surface area (Å²) in [7, 11) is 0. The highest BCUT2D eigenvalue weighted by Gasteiger charge is 2.65. The number of ether oxygens (including phenoxy) is 3. The van der Waals surface area contributed by atoms with E-state index in [9.17, 15) is 46.1 Å². The minimum Gasteiger partial charge on any atom is -0.394 e. The standard InChI is InChI=1S/C15H25NO11/c1-6(2-16)15(13(24)11(22)9(20)7(3-17)26-15)27-14(5-19)12(23)10(21)8(4-18)25-14/h6-13,17-24H,3-5H2,1H3/t6?,7-,8-,9-,10-,11+,12+,13-,14?,15+/m1/s1. The topological polar surface area (TPSA) is 213 Å². The molecule has 0 aliphatic carbocycles. The molecule has 0 bridgehead atoms. The van der Waals surface area contributed by atoms with Crippen molar-refractivity contribution in [2.24, 2.45) is 5.92 Å². The second kappa shape index (κ2) is 8.19. The van der Waals surface area contributed by atoms with E-state index in [4.69, 9.17) is 14.2 Å². The monoisotopic (exact) mass is 395 g/mol. The molecule has 0 saturated carbocycles. The van der Waals surface area contributed by atoms with Crippen LogP contribution in [-0.2, 0) is 14.2 Å². The van der Waals surface area contributed by atoms with Gasteiger partial charge in [0.1, 0.15) is 55.3 Å². The molecule has 2 saturated heterocycles. The van der Waals surface area contributed by atoms with E-state index in [0.29, 0.717) is 0 Å². The first-order chi connectivity index (χ1) is 12.6. The second-order valence-electron chi connectivity index (χ2n) is 6.68. The lowest BCUT2D eigenvalue weighted by Crippen LogP contribution is -2.71. The molecular weight excluding hydrogens is 370 g/mol. The van der Waals surface area contributed by atoms with Crippen molar-refractivity contribution in [3.8, 4) is 6.07 Å². The van der Waals surface area contributed by atoms with Crippen molar-refractivity contribution in [2.75, 3.05) is 19.8 Å². The number of hydrogen-bond acceptors (Lipinski definition) is 12. The molecule has 12 heteroatoms. The number of nitrogens with zero attached hydrogens (tertiary/aromatic N) is 1. The summed E-state index contributed by atoms with van der Waals surface area (Å²) >= 11 is 0. The first kappa shape index (κ1) is 22.3. The van der Waals surface area contributed by atoms with Gasteiger partial charge in [0.2, 0.25) is 11.6 Å². The van der Waals surface area contributed by atoms with Crippen molar-refractivity contribution in [1.29, 1.82) is 5.26 Å². The summed E-state index contributed by atoms with van der Waals surface area (Å²) < 4.78 is 16.2. The lowest BCUT2D eigenvalue weighted by Gasteiger charge is -2.52. The molecule has 0 aromatic rings.